The summed E-state index contributed by atoms with van der Waals surface area (Å²) in [6.07, 6.45) is 1.64. The lowest BCUT2D eigenvalue weighted by Gasteiger charge is -2.33. The van der Waals surface area contributed by atoms with Gasteiger partial charge < -0.3 is 4.74 Å². The molecule has 3 aliphatic rings. The maximum Gasteiger partial charge on any atom is 0.240 e. The zero-order valence-corrected chi connectivity index (χ0v) is 18.7. The van der Waals surface area contributed by atoms with Crippen LogP contribution in [0.25, 0.3) is 0 Å². The van der Waals surface area contributed by atoms with E-state index in [0.717, 1.165) is 16.0 Å². The number of amides is 2. The van der Waals surface area contributed by atoms with E-state index in [9.17, 15) is 18.8 Å². The summed E-state index contributed by atoms with van der Waals surface area (Å²) >= 11 is 0. The van der Waals surface area contributed by atoms with Crippen LogP contribution in [0.4, 0.5) is 10.1 Å². The summed E-state index contributed by atoms with van der Waals surface area (Å²) in [6, 6.07) is 18.1. The molecule has 2 fully saturated rings. The van der Waals surface area contributed by atoms with Gasteiger partial charge in [0.05, 0.1) is 36.9 Å². The number of hydrogen-bond donors (Lipinski definition) is 0. The Labute approximate surface area is 200 Å². The number of ketones is 1. The van der Waals surface area contributed by atoms with Crippen LogP contribution in [0.1, 0.15) is 27.5 Å². The summed E-state index contributed by atoms with van der Waals surface area (Å²) in [5.41, 5.74) is 1.88. The molecule has 0 unspecified atom stereocenters. The molecule has 3 aromatic rings. The third-order valence-electron chi connectivity index (χ3n) is 7.03. The minimum atomic E-state index is -1.02. The van der Waals surface area contributed by atoms with Crippen molar-refractivity contribution in [2.45, 2.75) is 12.1 Å². The number of Topliss-reactive ketones (excluding diaryl/α,β-unsaturated/α-hetero) is 1. The van der Waals surface area contributed by atoms with E-state index in [1.807, 2.05) is 24.3 Å². The molecular weight excluding hydrogens is 449 g/mol. The van der Waals surface area contributed by atoms with Crippen LogP contribution in [0.5, 0.6) is 5.75 Å². The average molecular weight is 469 g/mol. The first-order valence-corrected chi connectivity index (χ1v) is 11.2. The van der Waals surface area contributed by atoms with Gasteiger partial charge in [0.25, 0.3) is 0 Å². The monoisotopic (exact) mass is 469 g/mol. The van der Waals surface area contributed by atoms with Crippen LogP contribution in [0, 0.1) is 17.7 Å². The minimum Gasteiger partial charge on any atom is -0.497 e. The molecule has 0 saturated carbocycles. The second-order valence-electron chi connectivity index (χ2n) is 8.75. The largest absolute Gasteiger partial charge is 0.497 e. The Balaban J connectivity index is 1.49. The maximum atomic E-state index is 14.7. The van der Waals surface area contributed by atoms with Gasteiger partial charge in [0.2, 0.25) is 11.8 Å². The molecule has 3 heterocycles. The van der Waals surface area contributed by atoms with Crippen LogP contribution in [-0.2, 0) is 9.59 Å². The zero-order chi connectivity index (χ0) is 24.3. The standard InChI is InChI=1S/C27H20FN3O4/c1-35-17-12-10-15(11-13-17)25(32)24-22-21(23-18-7-3-2-6-16(18)14-29-31(23)24)26(33)30(27(22)34)20-9-5-4-8-19(20)28/h2-14,21-24H,1H3/t21-,22+,23+,24+/m0/s1. The van der Waals surface area contributed by atoms with Crippen LogP contribution in [0.3, 0.4) is 0 Å². The summed E-state index contributed by atoms with van der Waals surface area (Å²) in [7, 11) is 1.53. The van der Waals surface area contributed by atoms with E-state index in [-0.39, 0.29) is 11.5 Å². The number of halogens is 1. The van der Waals surface area contributed by atoms with Gasteiger partial charge in [-0.1, -0.05) is 36.4 Å². The molecule has 2 amide bonds. The van der Waals surface area contributed by atoms with Crippen molar-refractivity contribution >= 4 is 29.5 Å². The highest BCUT2D eigenvalue weighted by molar-refractivity contribution is 6.24. The van der Waals surface area contributed by atoms with E-state index >= 15 is 0 Å². The van der Waals surface area contributed by atoms with Crippen molar-refractivity contribution in [1.82, 2.24) is 5.01 Å². The number of nitrogens with zero attached hydrogens (tertiary/aromatic N) is 3. The molecule has 0 aromatic heterocycles. The van der Waals surface area contributed by atoms with Crippen LogP contribution in [-0.4, -0.2) is 42.0 Å². The fourth-order valence-corrected chi connectivity index (χ4v) is 5.47. The highest BCUT2D eigenvalue weighted by Crippen LogP contribution is 2.53. The quantitative estimate of drug-likeness (QED) is 0.431. The number of hydrogen-bond acceptors (Lipinski definition) is 6. The molecule has 0 bridgehead atoms. The molecule has 3 aliphatic heterocycles. The number of hydrazone groups is 1. The van der Waals surface area contributed by atoms with Gasteiger partial charge in [0.1, 0.15) is 17.6 Å². The number of methoxy groups -OCH3 is 1. The van der Waals surface area contributed by atoms with Gasteiger partial charge in [0.15, 0.2) is 5.78 Å². The van der Waals surface area contributed by atoms with Gasteiger partial charge >= 0.3 is 0 Å². The third-order valence-corrected chi connectivity index (χ3v) is 7.03. The van der Waals surface area contributed by atoms with Crippen LogP contribution < -0.4 is 9.64 Å². The summed E-state index contributed by atoms with van der Waals surface area (Å²) in [5.74, 6) is -3.44. The van der Waals surface area contributed by atoms with E-state index in [1.54, 1.807) is 41.6 Å². The fraction of sp³-hybridized carbons (Fsp3) is 0.185. The summed E-state index contributed by atoms with van der Waals surface area (Å²) in [5, 5.41) is 6.11. The smallest absolute Gasteiger partial charge is 0.240 e. The highest BCUT2D eigenvalue weighted by atomic mass is 19.1. The first kappa shape index (κ1) is 21.2. The molecular formula is C27H20FN3O4. The van der Waals surface area contributed by atoms with Crippen molar-refractivity contribution in [3.05, 3.63) is 95.3 Å². The number of fused-ring (bicyclic) bond motifs is 5. The first-order chi connectivity index (χ1) is 17.0. The maximum absolute atomic E-state index is 14.7. The Hall–Kier alpha value is -4.33. The average Bonchev–Trinajstić information content (AvgIpc) is 3.36. The summed E-state index contributed by atoms with van der Waals surface area (Å²) in [6.45, 7) is 0. The Bertz CT molecular complexity index is 1400. The molecule has 8 heteroatoms. The molecule has 0 radical (unpaired) electrons. The Morgan fingerprint density at radius 3 is 2.34 bits per heavy atom. The molecule has 0 N–H and O–H groups in total. The van der Waals surface area contributed by atoms with Crippen LogP contribution >= 0.6 is 0 Å². The lowest BCUT2D eigenvalue weighted by Crippen LogP contribution is -2.44. The van der Waals surface area contributed by atoms with Gasteiger partial charge in [-0.2, -0.15) is 5.10 Å². The zero-order valence-electron chi connectivity index (χ0n) is 18.7. The molecule has 3 aromatic carbocycles. The van der Waals surface area contributed by atoms with Crippen LogP contribution in [0.15, 0.2) is 77.9 Å². The van der Waals surface area contributed by atoms with Gasteiger partial charge in [-0.25, -0.2) is 9.29 Å². The molecule has 0 aliphatic carbocycles. The number of carbonyl (C=O) groups excluding carboxylic acids is 3. The molecule has 6 rings (SSSR count). The van der Waals surface area contributed by atoms with Crippen molar-refractivity contribution < 1.29 is 23.5 Å². The predicted octanol–water partition coefficient (Wildman–Crippen LogP) is 3.60. The number of rotatable bonds is 4. The topological polar surface area (TPSA) is 79.3 Å². The van der Waals surface area contributed by atoms with Crippen molar-refractivity contribution in [1.29, 1.82) is 0 Å². The Morgan fingerprint density at radius 1 is 0.914 bits per heavy atom. The number of carbonyl (C=O) groups is 3. The van der Waals surface area contributed by atoms with E-state index < -0.39 is 41.6 Å². The van der Waals surface area contributed by atoms with E-state index in [0.29, 0.717) is 11.3 Å². The normalized spacial score (nSPS) is 24.3. The molecule has 174 valence electrons. The van der Waals surface area contributed by atoms with Crippen molar-refractivity contribution in [2.24, 2.45) is 16.9 Å². The van der Waals surface area contributed by atoms with Gasteiger partial charge in [-0.05, 0) is 47.5 Å². The predicted molar refractivity (Wildman–Crippen MR) is 126 cm³/mol. The van der Waals surface area contributed by atoms with Crippen LogP contribution in [0.2, 0.25) is 0 Å². The molecule has 0 spiro atoms. The van der Waals surface area contributed by atoms with E-state index in [2.05, 4.69) is 5.10 Å². The van der Waals surface area contributed by atoms with E-state index in [1.165, 1.54) is 25.3 Å². The number of benzene rings is 3. The Kier molecular flexibility index (Phi) is 4.77. The fourth-order valence-electron chi connectivity index (χ4n) is 5.47. The summed E-state index contributed by atoms with van der Waals surface area (Å²) in [4.78, 5) is 42.2. The minimum absolute atomic E-state index is 0.105. The number of anilines is 1. The lowest BCUT2D eigenvalue weighted by molar-refractivity contribution is -0.124. The van der Waals surface area contributed by atoms with Gasteiger partial charge in [-0.3, -0.25) is 19.4 Å². The van der Waals surface area contributed by atoms with Gasteiger partial charge in [0, 0.05) is 5.56 Å². The number of imide groups is 1. The van der Waals surface area contributed by atoms with Crippen molar-refractivity contribution in [2.75, 3.05) is 12.0 Å². The Morgan fingerprint density at radius 2 is 1.60 bits per heavy atom. The first-order valence-electron chi connectivity index (χ1n) is 11.2. The van der Waals surface area contributed by atoms with Crippen molar-refractivity contribution in [3.63, 3.8) is 0 Å². The van der Waals surface area contributed by atoms with Crippen molar-refractivity contribution in [3.8, 4) is 5.75 Å². The molecule has 35 heavy (non-hydrogen) atoms. The molecule has 4 atom stereocenters. The van der Waals surface area contributed by atoms with E-state index in [4.69, 9.17) is 4.74 Å². The highest BCUT2D eigenvalue weighted by Gasteiger charge is 2.65. The second kappa shape index (κ2) is 7.87. The second-order valence-corrected chi connectivity index (χ2v) is 8.75. The third kappa shape index (κ3) is 3.02. The SMILES string of the molecule is COc1ccc(C(=O)[C@H]2[C@@H]3C(=O)N(c4ccccc4F)C(=O)[C@@H]3[C@H]3c4ccccc4C=NN32)cc1. The number of para-hydroxylation sites is 1. The van der Waals surface area contributed by atoms with Gasteiger partial charge in [-0.15, -0.1) is 0 Å². The summed E-state index contributed by atoms with van der Waals surface area (Å²) < 4.78 is 19.9. The lowest BCUT2D eigenvalue weighted by atomic mass is 9.83. The molecule has 7 nitrogen and oxygen atoms in total. The number of ether oxygens (including phenoxy) is 1. The molecule has 2 saturated heterocycles.